The quantitative estimate of drug-likeness (QED) is 0.888. The van der Waals surface area contributed by atoms with E-state index < -0.39 is 17.7 Å². The second-order valence-electron chi connectivity index (χ2n) is 4.76. The third-order valence-corrected chi connectivity index (χ3v) is 3.90. The number of ether oxygens (including phenoxy) is 1. The predicted octanol–water partition coefficient (Wildman–Crippen LogP) is 2.86. The summed E-state index contributed by atoms with van der Waals surface area (Å²) >= 11 is 1.54. The number of hydrogen-bond donors (Lipinski definition) is 1. The zero-order valence-corrected chi connectivity index (χ0v) is 13.0. The summed E-state index contributed by atoms with van der Waals surface area (Å²) in [6, 6.07) is 3.15. The summed E-state index contributed by atoms with van der Waals surface area (Å²) in [6.45, 7) is 3.90. The lowest BCUT2D eigenvalue weighted by atomic mass is 10.3. The van der Waals surface area contributed by atoms with Crippen molar-refractivity contribution in [3.8, 4) is 5.75 Å². The van der Waals surface area contributed by atoms with Crippen molar-refractivity contribution in [2.24, 2.45) is 0 Å². The topological polar surface area (TPSA) is 51.2 Å². The number of thiazole rings is 1. The number of aryl methyl sites for hydroxylation is 1. The molecule has 1 heterocycles. The summed E-state index contributed by atoms with van der Waals surface area (Å²) in [5.41, 5.74) is 0.960. The van der Waals surface area contributed by atoms with Gasteiger partial charge < -0.3 is 10.1 Å². The number of halogens is 2. The average molecular weight is 326 g/mol. The summed E-state index contributed by atoms with van der Waals surface area (Å²) in [4.78, 5) is 16.2. The fourth-order valence-corrected chi connectivity index (χ4v) is 2.54. The number of hydrogen-bond acceptors (Lipinski definition) is 4. The SMILES string of the molecule is Cc1csc(CCNC(=O)[C@H](C)Oc2ccc(F)c(F)c2)n1. The number of benzene rings is 1. The Morgan fingerprint density at radius 1 is 1.41 bits per heavy atom. The van der Waals surface area contributed by atoms with Gasteiger partial charge in [0.1, 0.15) is 5.75 Å². The van der Waals surface area contributed by atoms with E-state index in [9.17, 15) is 13.6 Å². The van der Waals surface area contributed by atoms with E-state index in [4.69, 9.17) is 4.74 Å². The van der Waals surface area contributed by atoms with Crippen LogP contribution in [0.3, 0.4) is 0 Å². The largest absolute Gasteiger partial charge is 0.481 e. The Balaban J connectivity index is 1.80. The highest BCUT2D eigenvalue weighted by Crippen LogP contribution is 2.16. The first-order chi connectivity index (χ1) is 10.5. The maximum Gasteiger partial charge on any atom is 0.260 e. The van der Waals surface area contributed by atoms with Crippen LogP contribution < -0.4 is 10.1 Å². The smallest absolute Gasteiger partial charge is 0.260 e. The zero-order valence-electron chi connectivity index (χ0n) is 12.2. The number of nitrogens with one attached hydrogen (secondary N) is 1. The molecule has 0 aliphatic rings. The second-order valence-corrected chi connectivity index (χ2v) is 5.70. The standard InChI is InChI=1S/C15H16F2N2O2S/c1-9-8-22-14(19-9)5-6-18-15(20)10(2)21-11-3-4-12(16)13(17)7-11/h3-4,7-8,10H,5-6H2,1-2H3,(H,18,20)/t10-/m0/s1. The van der Waals surface area contributed by atoms with Crippen LogP contribution in [0.25, 0.3) is 0 Å². The van der Waals surface area contributed by atoms with Gasteiger partial charge in [-0.15, -0.1) is 11.3 Å². The first-order valence-corrected chi connectivity index (χ1v) is 7.64. The summed E-state index contributed by atoms with van der Waals surface area (Å²) in [5.74, 6) is -2.18. The van der Waals surface area contributed by atoms with E-state index in [-0.39, 0.29) is 11.7 Å². The monoisotopic (exact) mass is 326 g/mol. The number of nitrogens with zero attached hydrogens (tertiary/aromatic N) is 1. The van der Waals surface area contributed by atoms with Crippen LogP contribution in [0.4, 0.5) is 8.78 Å². The molecule has 0 unspecified atom stereocenters. The molecule has 1 N–H and O–H groups in total. The minimum atomic E-state index is -1.01. The summed E-state index contributed by atoms with van der Waals surface area (Å²) in [7, 11) is 0. The molecule has 1 atom stereocenters. The first kappa shape index (κ1) is 16.4. The van der Waals surface area contributed by atoms with Gasteiger partial charge in [0.05, 0.1) is 5.01 Å². The average Bonchev–Trinajstić information content (AvgIpc) is 2.88. The molecule has 1 amide bonds. The molecule has 0 bridgehead atoms. The van der Waals surface area contributed by atoms with E-state index in [1.165, 1.54) is 6.07 Å². The summed E-state index contributed by atoms with van der Waals surface area (Å²) in [6.07, 6.45) is -0.162. The lowest BCUT2D eigenvalue weighted by molar-refractivity contribution is -0.127. The number of carbonyl (C=O) groups excluding carboxylic acids is 1. The summed E-state index contributed by atoms with van der Waals surface area (Å²) in [5, 5.41) is 5.62. The van der Waals surface area contributed by atoms with Gasteiger partial charge in [0.2, 0.25) is 0 Å². The molecule has 1 aromatic heterocycles. The Hall–Kier alpha value is -2.02. The van der Waals surface area contributed by atoms with Crippen molar-refractivity contribution >= 4 is 17.2 Å². The molecule has 2 aromatic rings. The van der Waals surface area contributed by atoms with Crippen molar-refractivity contribution in [2.75, 3.05) is 6.54 Å². The van der Waals surface area contributed by atoms with E-state index in [0.29, 0.717) is 13.0 Å². The van der Waals surface area contributed by atoms with E-state index in [1.54, 1.807) is 18.3 Å². The van der Waals surface area contributed by atoms with Crippen molar-refractivity contribution in [3.63, 3.8) is 0 Å². The molecule has 0 spiro atoms. The van der Waals surface area contributed by atoms with E-state index in [0.717, 1.165) is 22.8 Å². The van der Waals surface area contributed by atoms with Crippen molar-refractivity contribution in [1.29, 1.82) is 0 Å². The van der Waals surface area contributed by atoms with Crippen molar-refractivity contribution in [3.05, 3.63) is 45.9 Å². The van der Waals surface area contributed by atoms with Crippen LogP contribution in [0.15, 0.2) is 23.6 Å². The molecule has 0 radical (unpaired) electrons. The van der Waals surface area contributed by atoms with Crippen LogP contribution in [0.5, 0.6) is 5.75 Å². The minimum Gasteiger partial charge on any atom is -0.481 e. The Morgan fingerprint density at radius 3 is 2.82 bits per heavy atom. The van der Waals surface area contributed by atoms with E-state index in [1.807, 2.05) is 12.3 Å². The third kappa shape index (κ3) is 4.49. The van der Waals surface area contributed by atoms with Gasteiger partial charge in [-0.2, -0.15) is 0 Å². The molecule has 0 fully saturated rings. The van der Waals surface area contributed by atoms with Gasteiger partial charge in [0.15, 0.2) is 17.7 Å². The fourth-order valence-electron chi connectivity index (χ4n) is 1.76. The van der Waals surface area contributed by atoms with Gasteiger partial charge >= 0.3 is 0 Å². The molecule has 2 rings (SSSR count). The Labute approximate surface area is 131 Å². The van der Waals surface area contributed by atoms with Crippen molar-refractivity contribution in [1.82, 2.24) is 10.3 Å². The maximum atomic E-state index is 13.1. The third-order valence-electron chi connectivity index (χ3n) is 2.88. The molecule has 1 aromatic carbocycles. The van der Waals surface area contributed by atoms with Crippen molar-refractivity contribution in [2.45, 2.75) is 26.4 Å². The maximum absolute atomic E-state index is 13.1. The molecular formula is C15H16F2N2O2S. The number of aromatic nitrogens is 1. The highest BCUT2D eigenvalue weighted by Gasteiger charge is 2.15. The van der Waals surface area contributed by atoms with Crippen LogP contribution in [0.2, 0.25) is 0 Å². The lowest BCUT2D eigenvalue weighted by Crippen LogP contribution is -2.37. The molecular weight excluding hydrogens is 310 g/mol. The lowest BCUT2D eigenvalue weighted by Gasteiger charge is -2.14. The second kappa shape index (κ2) is 7.31. The van der Waals surface area contributed by atoms with Crippen LogP contribution in [-0.2, 0) is 11.2 Å². The van der Waals surface area contributed by atoms with Gasteiger partial charge in [-0.1, -0.05) is 0 Å². The number of rotatable bonds is 6. The minimum absolute atomic E-state index is 0.108. The molecule has 118 valence electrons. The van der Waals surface area contributed by atoms with Crippen LogP contribution >= 0.6 is 11.3 Å². The first-order valence-electron chi connectivity index (χ1n) is 6.76. The highest BCUT2D eigenvalue weighted by atomic mass is 32.1. The molecule has 0 aliphatic carbocycles. The Morgan fingerprint density at radius 2 is 2.18 bits per heavy atom. The van der Waals surface area contributed by atoms with Crippen LogP contribution in [0.1, 0.15) is 17.6 Å². The molecule has 7 heteroatoms. The van der Waals surface area contributed by atoms with Gasteiger partial charge in [0.25, 0.3) is 5.91 Å². The summed E-state index contributed by atoms with van der Waals surface area (Å²) < 4.78 is 31.2. The number of carbonyl (C=O) groups is 1. The van der Waals surface area contributed by atoms with E-state index >= 15 is 0 Å². The molecule has 0 saturated heterocycles. The van der Waals surface area contributed by atoms with Gasteiger partial charge in [-0.3, -0.25) is 4.79 Å². The van der Waals surface area contributed by atoms with Crippen LogP contribution in [0, 0.1) is 18.6 Å². The fraction of sp³-hybridized carbons (Fsp3) is 0.333. The molecule has 0 saturated carbocycles. The highest BCUT2D eigenvalue weighted by molar-refractivity contribution is 7.09. The predicted molar refractivity (Wildman–Crippen MR) is 80.0 cm³/mol. The van der Waals surface area contributed by atoms with Gasteiger partial charge in [-0.05, 0) is 26.0 Å². The van der Waals surface area contributed by atoms with Gasteiger partial charge in [0, 0.05) is 30.1 Å². The van der Waals surface area contributed by atoms with Crippen molar-refractivity contribution < 1.29 is 18.3 Å². The number of amides is 1. The Kier molecular flexibility index (Phi) is 5.43. The molecule has 0 aliphatic heterocycles. The molecule has 4 nitrogen and oxygen atoms in total. The molecule has 22 heavy (non-hydrogen) atoms. The van der Waals surface area contributed by atoms with Crippen LogP contribution in [-0.4, -0.2) is 23.5 Å². The van der Waals surface area contributed by atoms with E-state index in [2.05, 4.69) is 10.3 Å². The normalized spacial score (nSPS) is 12.0. The Bertz CT molecular complexity index is 661. The van der Waals surface area contributed by atoms with Gasteiger partial charge in [-0.25, -0.2) is 13.8 Å². The zero-order chi connectivity index (χ0) is 16.1.